The van der Waals surface area contributed by atoms with Gasteiger partial charge in [0.25, 0.3) is 0 Å². The second kappa shape index (κ2) is 4.65. The molecule has 0 aliphatic heterocycles. The van der Waals surface area contributed by atoms with E-state index >= 15 is 0 Å². The molecule has 1 aliphatic rings. The van der Waals surface area contributed by atoms with E-state index in [1.54, 1.807) is 0 Å². The highest BCUT2D eigenvalue weighted by atomic mass is 16.1. The van der Waals surface area contributed by atoms with E-state index in [0.717, 1.165) is 25.1 Å². The maximum Gasteiger partial charge on any atom is 0.234 e. The van der Waals surface area contributed by atoms with Gasteiger partial charge in [-0.2, -0.15) is 5.10 Å². The van der Waals surface area contributed by atoms with Gasteiger partial charge in [0.1, 0.15) is 0 Å². The first kappa shape index (κ1) is 11.1. The van der Waals surface area contributed by atoms with Crippen LogP contribution in [-0.2, 0) is 11.3 Å². The van der Waals surface area contributed by atoms with Crippen molar-refractivity contribution >= 4 is 5.91 Å². The van der Waals surface area contributed by atoms with Gasteiger partial charge in [0.05, 0.1) is 11.7 Å². The Kier molecular flexibility index (Phi) is 3.24. The van der Waals surface area contributed by atoms with Crippen LogP contribution >= 0.6 is 0 Å². The fourth-order valence-corrected chi connectivity index (χ4v) is 1.69. The lowest BCUT2D eigenvalue weighted by molar-refractivity contribution is -0.120. The lowest BCUT2D eigenvalue weighted by Gasteiger charge is -2.14. The Hall–Kier alpha value is -1.36. The van der Waals surface area contributed by atoms with Crippen molar-refractivity contribution in [3.63, 3.8) is 0 Å². The van der Waals surface area contributed by atoms with Gasteiger partial charge in [-0.15, -0.1) is 0 Å². The highest BCUT2D eigenvalue weighted by Crippen LogP contribution is 2.20. The third kappa shape index (κ3) is 3.06. The van der Waals surface area contributed by atoms with Crippen molar-refractivity contribution in [2.75, 3.05) is 0 Å². The number of amides is 1. The van der Waals surface area contributed by atoms with Gasteiger partial charge in [-0.25, -0.2) is 0 Å². The van der Waals surface area contributed by atoms with Gasteiger partial charge >= 0.3 is 0 Å². The standard InChI is InChI=1S/C11H18N4O/c1-8-4-6-15(14-8)7-5-10(11(12)16)13-9-2-3-9/h4,6,9-10,13H,2-3,5,7H2,1H3,(H2,12,16). The lowest BCUT2D eigenvalue weighted by atomic mass is 10.2. The first-order valence-electron chi connectivity index (χ1n) is 5.70. The summed E-state index contributed by atoms with van der Waals surface area (Å²) in [7, 11) is 0. The Morgan fingerprint density at radius 3 is 3.00 bits per heavy atom. The first-order chi connectivity index (χ1) is 7.65. The monoisotopic (exact) mass is 222 g/mol. The third-order valence-corrected chi connectivity index (χ3v) is 2.78. The van der Waals surface area contributed by atoms with Crippen molar-refractivity contribution in [2.45, 2.75) is 44.8 Å². The number of aromatic nitrogens is 2. The van der Waals surface area contributed by atoms with Crippen molar-refractivity contribution in [3.05, 3.63) is 18.0 Å². The summed E-state index contributed by atoms with van der Waals surface area (Å²) in [5, 5.41) is 7.53. The van der Waals surface area contributed by atoms with E-state index in [0.29, 0.717) is 12.5 Å². The Morgan fingerprint density at radius 1 is 1.75 bits per heavy atom. The summed E-state index contributed by atoms with van der Waals surface area (Å²) in [5.41, 5.74) is 6.34. The summed E-state index contributed by atoms with van der Waals surface area (Å²) < 4.78 is 1.85. The van der Waals surface area contributed by atoms with Gasteiger partial charge < -0.3 is 11.1 Å². The molecule has 5 heteroatoms. The van der Waals surface area contributed by atoms with Gasteiger partial charge in [0.2, 0.25) is 5.91 Å². The number of hydrogen-bond acceptors (Lipinski definition) is 3. The maximum absolute atomic E-state index is 11.2. The first-order valence-corrected chi connectivity index (χ1v) is 5.70. The molecule has 1 heterocycles. The largest absolute Gasteiger partial charge is 0.368 e. The molecule has 1 saturated carbocycles. The molecule has 1 aromatic heterocycles. The summed E-state index contributed by atoms with van der Waals surface area (Å²) >= 11 is 0. The molecule has 0 radical (unpaired) electrons. The van der Waals surface area contributed by atoms with Crippen LogP contribution in [0.2, 0.25) is 0 Å². The Bertz CT molecular complexity index is 370. The zero-order valence-corrected chi connectivity index (χ0v) is 9.52. The van der Waals surface area contributed by atoms with E-state index in [1.165, 1.54) is 0 Å². The van der Waals surface area contributed by atoms with Crippen LogP contribution in [0.3, 0.4) is 0 Å². The average Bonchev–Trinajstić information content (AvgIpc) is 2.95. The molecule has 1 aromatic rings. The van der Waals surface area contributed by atoms with Crippen molar-refractivity contribution in [1.82, 2.24) is 15.1 Å². The molecule has 1 atom stereocenters. The molecule has 2 rings (SSSR count). The minimum absolute atomic E-state index is 0.225. The Morgan fingerprint density at radius 2 is 2.50 bits per heavy atom. The quantitative estimate of drug-likeness (QED) is 0.721. The second-order valence-electron chi connectivity index (χ2n) is 4.40. The van der Waals surface area contributed by atoms with Crippen molar-refractivity contribution in [3.8, 4) is 0 Å². The highest BCUT2D eigenvalue weighted by Gasteiger charge is 2.26. The summed E-state index contributed by atoms with van der Waals surface area (Å²) in [6, 6.07) is 2.22. The van der Waals surface area contributed by atoms with E-state index in [4.69, 9.17) is 5.73 Å². The smallest absolute Gasteiger partial charge is 0.234 e. The molecule has 0 aromatic carbocycles. The predicted molar refractivity (Wildman–Crippen MR) is 60.7 cm³/mol. The number of nitrogens with zero attached hydrogens (tertiary/aromatic N) is 2. The summed E-state index contributed by atoms with van der Waals surface area (Å²) in [5.74, 6) is -0.268. The van der Waals surface area contributed by atoms with Crippen molar-refractivity contribution in [2.24, 2.45) is 5.73 Å². The van der Waals surface area contributed by atoms with Crippen molar-refractivity contribution < 1.29 is 4.79 Å². The molecule has 1 amide bonds. The van der Waals surface area contributed by atoms with Crippen LogP contribution in [0.1, 0.15) is 25.0 Å². The van der Waals surface area contributed by atoms with Crippen LogP contribution in [0.5, 0.6) is 0 Å². The SMILES string of the molecule is Cc1ccn(CCC(NC2CC2)C(N)=O)n1. The Balaban J connectivity index is 1.83. The molecular formula is C11H18N4O. The third-order valence-electron chi connectivity index (χ3n) is 2.78. The zero-order chi connectivity index (χ0) is 11.5. The van der Waals surface area contributed by atoms with Crippen LogP contribution in [0.25, 0.3) is 0 Å². The molecule has 88 valence electrons. The van der Waals surface area contributed by atoms with Gasteiger partial charge in [0.15, 0.2) is 0 Å². The molecule has 0 bridgehead atoms. The van der Waals surface area contributed by atoms with Crippen LogP contribution in [0.15, 0.2) is 12.3 Å². The number of aryl methyl sites for hydroxylation is 2. The summed E-state index contributed by atoms with van der Waals surface area (Å²) in [4.78, 5) is 11.2. The zero-order valence-electron chi connectivity index (χ0n) is 9.52. The van der Waals surface area contributed by atoms with E-state index < -0.39 is 0 Å². The average molecular weight is 222 g/mol. The lowest BCUT2D eigenvalue weighted by Crippen LogP contribution is -2.43. The highest BCUT2D eigenvalue weighted by molar-refractivity contribution is 5.79. The molecule has 1 unspecified atom stereocenters. The van der Waals surface area contributed by atoms with Crippen LogP contribution < -0.4 is 11.1 Å². The molecule has 1 aliphatic carbocycles. The van der Waals surface area contributed by atoms with Crippen molar-refractivity contribution in [1.29, 1.82) is 0 Å². The van der Waals surface area contributed by atoms with Gasteiger partial charge in [-0.1, -0.05) is 0 Å². The molecule has 3 N–H and O–H groups in total. The molecule has 0 saturated heterocycles. The van der Waals surface area contributed by atoms with E-state index in [2.05, 4.69) is 10.4 Å². The topological polar surface area (TPSA) is 72.9 Å². The molecule has 0 spiro atoms. The number of carbonyl (C=O) groups is 1. The predicted octanol–water partition coefficient (Wildman–Crippen LogP) is 0.188. The molecule has 5 nitrogen and oxygen atoms in total. The molecule has 1 fully saturated rings. The van der Waals surface area contributed by atoms with E-state index in [-0.39, 0.29) is 11.9 Å². The van der Waals surface area contributed by atoms with Gasteiger partial charge in [0, 0.05) is 18.8 Å². The normalized spacial score (nSPS) is 17.3. The van der Waals surface area contributed by atoms with E-state index in [9.17, 15) is 4.79 Å². The van der Waals surface area contributed by atoms with Crippen LogP contribution in [0, 0.1) is 6.92 Å². The van der Waals surface area contributed by atoms with Crippen LogP contribution in [0.4, 0.5) is 0 Å². The fraction of sp³-hybridized carbons (Fsp3) is 0.636. The number of hydrogen-bond donors (Lipinski definition) is 2. The maximum atomic E-state index is 11.2. The minimum Gasteiger partial charge on any atom is -0.368 e. The van der Waals surface area contributed by atoms with Gasteiger partial charge in [-0.05, 0) is 32.3 Å². The number of carbonyl (C=O) groups excluding carboxylic acids is 1. The molecule has 16 heavy (non-hydrogen) atoms. The Labute approximate surface area is 95.0 Å². The molecular weight excluding hydrogens is 204 g/mol. The fourth-order valence-electron chi connectivity index (χ4n) is 1.69. The number of nitrogens with one attached hydrogen (secondary N) is 1. The van der Waals surface area contributed by atoms with Crippen LogP contribution in [-0.4, -0.2) is 27.8 Å². The summed E-state index contributed by atoms with van der Waals surface area (Å²) in [6.45, 7) is 2.67. The number of primary amides is 1. The number of rotatable bonds is 6. The summed E-state index contributed by atoms with van der Waals surface area (Å²) in [6.07, 6.45) is 4.94. The van der Waals surface area contributed by atoms with Gasteiger partial charge in [-0.3, -0.25) is 9.48 Å². The number of nitrogens with two attached hydrogens (primary N) is 1. The second-order valence-corrected chi connectivity index (χ2v) is 4.40. The minimum atomic E-state index is -0.268. The van der Waals surface area contributed by atoms with E-state index in [1.807, 2.05) is 23.9 Å².